The van der Waals surface area contributed by atoms with Crippen molar-refractivity contribution < 1.29 is 4.74 Å². The Bertz CT molecular complexity index is 192. The molecule has 4 heteroatoms. The molecule has 62 valence electrons. The van der Waals surface area contributed by atoms with Crippen LogP contribution >= 0.6 is 0 Å². The zero-order chi connectivity index (χ0) is 7.84. The standard InChI is InChI=1S/C7H13N3O/c8-7(10-9)5-3-4-1-2-6(5)11-4/h4-6H,1-3,9H2,(H2,8,10). The van der Waals surface area contributed by atoms with E-state index in [4.69, 9.17) is 16.3 Å². The molecule has 2 fully saturated rings. The van der Waals surface area contributed by atoms with Crippen LogP contribution in [0.1, 0.15) is 19.3 Å². The summed E-state index contributed by atoms with van der Waals surface area (Å²) in [5.41, 5.74) is 5.61. The van der Waals surface area contributed by atoms with Crippen molar-refractivity contribution in [1.29, 1.82) is 0 Å². The van der Waals surface area contributed by atoms with Gasteiger partial charge in [-0.25, -0.2) is 0 Å². The summed E-state index contributed by atoms with van der Waals surface area (Å²) in [5.74, 6) is 5.93. The molecule has 11 heavy (non-hydrogen) atoms. The highest BCUT2D eigenvalue weighted by Gasteiger charge is 2.42. The molecule has 2 saturated heterocycles. The lowest BCUT2D eigenvalue weighted by Crippen LogP contribution is -2.32. The number of ether oxygens (including phenoxy) is 1. The predicted octanol–water partition coefficient (Wildman–Crippen LogP) is -0.215. The summed E-state index contributed by atoms with van der Waals surface area (Å²) in [6.07, 6.45) is 4.03. The van der Waals surface area contributed by atoms with Crippen LogP contribution in [0.25, 0.3) is 0 Å². The molecule has 2 aliphatic rings. The minimum absolute atomic E-state index is 0.291. The Morgan fingerprint density at radius 2 is 2.27 bits per heavy atom. The van der Waals surface area contributed by atoms with Gasteiger partial charge in [0.05, 0.1) is 12.2 Å². The van der Waals surface area contributed by atoms with Crippen molar-refractivity contribution in [3.05, 3.63) is 0 Å². The molecule has 0 amide bonds. The smallest absolute Gasteiger partial charge is 0.125 e. The van der Waals surface area contributed by atoms with Crippen LogP contribution in [0.2, 0.25) is 0 Å². The molecular weight excluding hydrogens is 142 g/mol. The number of hydrogen-bond acceptors (Lipinski definition) is 3. The van der Waals surface area contributed by atoms with E-state index >= 15 is 0 Å². The second-order valence-electron chi connectivity index (χ2n) is 3.27. The van der Waals surface area contributed by atoms with Gasteiger partial charge < -0.3 is 16.3 Å². The Morgan fingerprint density at radius 1 is 1.45 bits per heavy atom. The third-order valence-corrected chi connectivity index (χ3v) is 2.63. The maximum absolute atomic E-state index is 5.61. The van der Waals surface area contributed by atoms with E-state index in [1.807, 2.05) is 0 Å². The lowest BCUT2D eigenvalue weighted by molar-refractivity contribution is 0.0995. The highest BCUT2D eigenvalue weighted by Crippen LogP contribution is 2.38. The zero-order valence-electron chi connectivity index (χ0n) is 6.36. The second kappa shape index (κ2) is 2.37. The van der Waals surface area contributed by atoms with Crippen LogP contribution in [0.5, 0.6) is 0 Å². The number of fused-ring (bicyclic) bond motifs is 2. The number of hydrogen-bond donors (Lipinski definition) is 2. The lowest BCUT2D eigenvalue weighted by atomic mass is 9.88. The number of nitrogens with zero attached hydrogens (tertiary/aromatic N) is 1. The maximum Gasteiger partial charge on any atom is 0.125 e. The van der Waals surface area contributed by atoms with Crippen molar-refractivity contribution in [3.8, 4) is 0 Å². The van der Waals surface area contributed by atoms with Gasteiger partial charge in [-0.15, -0.1) is 0 Å². The number of nitrogens with two attached hydrogens (primary N) is 2. The first-order chi connectivity index (χ1) is 5.31. The molecule has 2 rings (SSSR count). The number of amidine groups is 1. The third-order valence-electron chi connectivity index (χ3n) is 2.63. The summed E-state index contributed by atoms with van der Waals surface area (Å²) in [6.45, 7) is 0. The predicted molar refractivity (Wildman–Crippen MR) is 41.8 cm³/mol. The van der Waals surface area contributed by atoms with Crippen LogP contribution < -0.4 is 11.6 Å². The minimum Gasteiger partial charge on any atom is -0.385 e. The largest absolute Gasteiger partial charge is 0.385 e. The Morgan fingerprint density at radius 3 is 2.73 bits per heavy atom. The first-order valence-electron chi connectivity index (χ1n) is 4.00. The van der Waals surface area contributed by atoms with Crippen molar-refractivity contribution >= 4 is 5.84 Å². The van der Waals surface area contributed by atoms with Crippen molar-refractivity contribution in [2.45, 2.75) is 31.5 Å². The summed E-state index contributed by atoms with van der Waals surface area (Å²) < 4.78 is 5.59. The fourth-order valence-corrected chi connectivity index (χ4v) is 2.04. The molecule has 0 saturated carbocycles. The second-order valence-corrected chi connectivity index (χ2v) is 3.27. The van der Waals surface area contributed by atoms with Gasteiger partial charge in [0.25, 0.3) is 0 Å². The Labute approximate surface area is 65.6 Å². The molecule has 2 aliphatic heterocycles. The van der Waals surface area contributed by atoms with E-state index in [1.54, 1.807) is 0 Å². The molecule has 2 heterocycles. The first-order valence-corrected chi connectivity index (χ1v) is 4.00. The quantitative estimate of drug-likeness (QED) is 0.238. The fourth-order valence-electron chi connectivity index (χ4n) is 2.04. The highest BCUT2D eigenvalue weighted by atomic mass is 16.5. The molecule has 4 N–H and O–H groups in total. The van der Waals surface area contributed by atoms with E-state index in [-0.39, 0.29) is 0 Å². The van der Waals surface area contributed by atoms with Crippen LogP contribution in [0.4, 0.5) is 0 Å². The summed E-state index contributed by atoms with van der Waals surface area (Å²) in [7, 11) is 0. The highest BCUT2D eigenvalue weighted by molar-refractivity contribution is 5.83. The van der Waals surface area contributed by atoms with Gasteiger partial charge in [-0.05, 0) is 19.3 Å². The maximum atomic E-state index is 5.61. The summed E-state index contributed by atoms with van der Waals surface area (Å²) >= 11 is 0. The lowest BCUT2D eigenvalue weighted by Gasteiger charge is -2.16. The van der Waals surface area contributed by atoms with Crippen LogP contribution in [-0.4, -0.2) is 18.0 Å². The van der Waals surface area contributed by atoms with Gasteiger partial charge in [-0.3, -0.25) is 0 Å². The monoisotopic (exact) mass is 155 g/mol. The summed E-state index contributed by atoms with van der Waals surface area (Å²) in [6, 6.07) is 0. The van der Waals surface area contributed by atoms with E-state index in [1.165, 1.54) is 6.42 Å². The molecule has 0 radical (unpaired) electrons. The summed E-state index contributed by atoms with van der Waals surface area (Å²) in [5, 5.41) is 3.50. The van der Waals surface area contributed by atoms with Gasteiger partial charge in [0.1, 0.15) is 5.84 Å². The molecule has 3 unspecified atom stereocenters. The Hall–Kier alpha value is -0.770. The van der Waals surface area contributed by atoms with Crippen LogP contribution in [0.15, 0.2) is 5.10 Å². The molecule has 0 aromatic carbocycles. The van der Waals surface area contributed by atoms with Gasteiger partial charge in [-0.2, -0.15) is 5.10 Å². The van der Waals surface area contributed by atoms with Crippen LogP contribution in [0.3, 0.4) is 0 Å². The Kier molecular flexibility index (Phi) is 1.49. The van der Waals surface area contributed by atoms with E-state index < -0.39 is 0 Å². The van der Waals surface area contributed by atoms with E-state index in [0.717, 1.165) is 12.8 Å². The number of hydrazone groups is 1. The Balaban J connectivity index is 2.08. The molecule has 0 aromatic heterocycles. The molecule has 3 atom stereocenters. The van der Waals surface area contributed by atoms with E-state index in [9.17, 15) is 0 Å². The molecule has 0 spiro atoms. The first kappa shape index (κ1) is 6.91. The summed E-state index contributed by atoms with van der Waals surface area (Å²) in [4.78, 5) is 0. The molecule has 0 aliphatic carbocycles. The molecule has 4 nitrogen and oxygen atoms in total. The minimum atomic E-state index is 0.291. The molecule has 2 bridgehead atoms. The van der Waals surface area contributed by atoms with Crippen molar-refractivity contribution in [2.24, 2.45) is 22.6 Å². The van der Waals surface area contributed by atoms with Gasteiger partial charge in [0.15, 0.2) is 0 Å². The topological polar surface area (TPSA) is 73.6 Å². The van der Waals surface area contributed by atoms with Crippen LogP contribution in [0, 0.1) is 5.92 Å². The SMILES string of the molecule is N/N=C(\N)C1CC2CCC1O2. The van der Waals surface area contributed by atoms with Gasteiger partial charge in [0.2, 0.25) is 0 Å². The van der Waals surface area contributed by atoms with Gasteiger partial charge in [0, 0.05) is 5.92 Å². The molecule has 0 aromatic rings. The average Bonchev–Trinajstić information content (AvgIpc) is 2.62. The fraction of sp³-hybridized carbons (Fsp3) is 0.857. The van der Waals surface area contributed by atoms with Crippen molar-refractivity contribution in [3.63, 3.8) is 0 Å². The normalized spacial score (nSPS) is 43.3. The van der Waals surface area contributed by atoms with Crippen LogP contribution in [-0.2, 0) is 4.74 Å². The third kappa shape index (κ3) is 0.976. The molecular formula is C7H13N3O. The zero-order valence-corrected chi connectivity index (χ0v) is 6.36. The van der Waals surface area contributed by atoms with E-state index in [2.05, 4.69) is 5.10 Å². The average molecular weight is 155 g/mol. The van der Waals surface area contributed by atoms with Crippen molar-refractivity contribution in [2.75, 3.05) is 0 Å². The van der Waals surface area contributed by atoms with Crippen molar-refractivity contribution in [1.82, 2.24) is 0 Å². The van der Waals surface area contributed by atoms with Gasteiger partial charge in [-0.1, -0.05) is 0 Å². The number of rotatable bonds is 1. The van der Waals surface area contributed by atoms with E-state index in [0.29, 0.717) is 24.0 Å². The van der Waals surface area contributed by atoms with Gasteiger partial charge >= 0.3 is 0 Å².